The first kappa shape index (κ1) is 13.7. The van der Waals surface area contributed by atoms with Crippen LogP contribution < -0.4 is 15.9 Å². The second-order valence-corrected chi connectivity index (χ2v) is 7.71. The number of hydrogen-bond acceptors (Lipinski definition) is 2. The van der Waals surface area contributed by atoms with Gasteiger partial charge in [0, 0.05) is 0 Å². The fourth-order valence-corrected chi connectivity index (χ4v) is 5.51. The lowest BCUT2D eigenvalue weighted by molar-refractivity contribution is 1.67. The summed E-state index contributed by atoms with van der Waals surface area (Å²) in [6, 6.07) is 29.6. The summed E-state index contributed by atoms with van der Waals surface area (Å²) in [5, 5.41) is 2.95. The molecule has 0 radical (unpaired) electrons. The van der Waals surface area contributed by atoms with Gasteiger partial charge < -0.3 is 0 Å². The van der Waals surface area contributed by atoms with Gasteiger partial charge in [-0.05, 0) is 36.4 Å². The van der Waals surface area contributed by atoms with E-state index in [1.54, 1.807) is 0 Å². The second-order valence-electron chi connectivity index (χ2n) is 4.72. The molecule has 0 aliphatic carbocycles. The molecule has 0 fully saturated rings. The lowest BCUT2D eigenvalue weighted by atomic mass is 10.4. The van der Waals surface area contributed by atoms with E-state index >= 15 is 0 Å². The van der Waals surface area contributed by atoms with E-state index in [2.05, 4.69) is 4.95 Å². The van der Waals surface area contributed by atoms with Gasteiger partial charge in [0.05, 0.1) is 0 Å². The second kappa shape index (κ2) is 5.99. The van der Waals surface area contributed by atoms with E-state index in [9.17, 15) is 4.91 Å². The van der Waals surface area contributed by atoms with Crippen LogP contribution in [0.25, 0.3) is 0 Å². The molecule has 0 aromatic heterocycles. The number of hydrogen-bond donors (Lipinski definition) is 0. The van der Waals surface area contributed by atoms with Crippen molar-refractivity contribution in [1.29, 1.82) is 0 Å². The highest BCUT2D eigenvalue weighted by Gasteiger charge is 2.48. The van der Waals surface area contributed by atoms with E-state index in [0.29, 0.717) is 0 Å². The van der Waals surface area contributed by atoms with Crippen molar-refractivity contribution in [3.63, 3.8) is 0 Å². The molecule has 3 aromatic rings. The topological polar surface area (TPSA) is 29.4 Å². The van der Waals surface area contributed by atoms with Gasteiger partial charge in [-0.1, -0.05) is 54.6 Å². The van der Waals surface area contributed by atoms with Crippen molar-refractivity contribution in [3.05, 3.63) is 95.9 Å². The van der Waals surface area contributed by atoms with E-state index in [4.69, 9.17) is 0 Å². The minimum absolute atomic E-state index is 0.984. The van der Waals surface area contributed by atoms with Crippen molar-refractivity contribution in [2.24, 2.45) is 4.95 Å². The van der Waals surface area contributed by atoms with Crippen LogP contribution in [0, 0.1) is 4.91 Å². The van der Waals surface area contributed by atoms with Crippen LogP contribution in [-0.2, 0) is 0 Å². The van der Waals surface area contributed by atoms with Gasteiger partial charge in [0.15, 0.2) is 0 Å². The van der Waals surface area contributed by atoms with E-state index in [-0.39, 0.29) is 0 Å². The lowest BCUT2D eigenvalue weighted by Crippen LogP contribution is -2.29. The minimum atomic E-state index is -2.46. The van der Waals surface area contributed by atoms with Gasteiger partial charge in [0.25, 0.3) is 7.41 Å². The molecule has 21 heavy (non-hydrogen) atoms. The maximum absolute atomic E-state index is 12.0. The summed E-state index contributed by atoms with van der Waals surface area (Å²) in [5.74, 6) is 0. The fraction of sp³-hybridized carbons (Fsp3) is 0. The van der Waals surface area contributed by atoms with Gasteiger partial charge in [-0.25, -0.2) is 0 Å². The summed E-state index contributed by atoms with van der Waals surface area (Å²) >= 11 is 0. The molecule has 0 amide bonds. The number of rotatable bonds is 4. The SMILES string of the molecule is O=N[P+](c1ccccc1)(c1ccccc1)c1ccccc1. The van der Waals surface area contributed by atoms with Crippen LogP contribution in [0.15, 0.2) is 95.9 Å². The maximum atomic E-state index is 12.0. The van der Waals surface area contributed by atoms with Crippen LogP contribution in [0.5, 0.6) is 0 Å². The number of nitroso groups, excluding NO2 is 1. The third-order valence-corrected chi connectivity index (χ3v) is 6.89. The van der Waals surface area contributed by atoms with Crippen molar-refractivity contribution in [3.8, 4) is 0 Å². The zero-order chi connectivity index (χ0) is 14.5. The summed E-state index contributed by atoms with van der Waals surface area (Å²) in [4.78, 5) is 15.7. The van der Waals surface area contributed by atoms with Gasteiger partial charge in [-0.15, -0.1) is 4.91 Å². The molecular weight excluding hydrogens is 277 g/mol. The Hall–Kier alpha value is -2.31. The third kappa shape index (κ3) is 2.39. The van der Waals surface area contributed by atoms with Crippen LogP contribution in [0.2, 0.25) is 0 Å². The molecule has 0 heterocycles. The average Bonchev–Trinajstić information content (AvgIpc) is 2.59. The maximum Gasteiger partial charge on any atom is 0.276 e. The van der Waals surface area contributed by atoms with Gasteiger partial charge in [-0.2, -0.15) is 0 Å². The molecule has 2 nitrogen and oxygen atoms in total. The largest absolute Gasteiger partial charge is 0.276 e. The number of benzene rings is 3. The Kier molecular flexibility index (Phi) is 3.89. The highest BCUT2D eigenvalue weighted by molar-refractivity contribution is 7.94. The first-order chi connectivity index (χ1) is 10.4. The van der Waals surface area contributed by atoms with E-state index in [1.165, 1.54) is 0 Å². The molecule has 0 saturated carbocycles. The molecule has 0 spiro atoms. The standard InChI is InChI=1S/C18H15NOP/c20-19-21(16-10-4-1-5-11-16,17-12-6-2-7-13-17)18-14-8-3-9-15-18/h1-15H/q+1. The fourth-order valence-electron chi connectivity index (χ4n) is 2.52. The van der Waals surface area contributed by atoms with Crippen molar-refractivity contribution in [2.45, 2.75) is 0 Å². The summed E-state index contributed by atoms with van der Waals surface area (Å²) in [6.07, 6.45) is 0. The van der Waals surface area contributed by atoms with Crippen LogP contribution >= 0.6 is 7.41 Å². The van der Waals surface area contributed by atoms with Crippen molar-refractivity contribution < 1.29 is 0 Å². The predicted octanol–water partition coefficient (Wildman–Crippen LogP) is 3.66. The van der Waals surface area contributed by atoms with Gasteiger partial charge in [0.1, 0.15) is 20.9 Å². The van der Waals surface area contributed by atoms with Crippen LogP contribution in [0.3, 0.4) is 0 Å². The first-order valence-electron chi connectivity index (χ1n) is 6.79. The van der Waals surface area contributed by atoms with Crippen molar-refractivity contribution >= 4 is 23.3 Å². The van der Waals surface area contributed by atoms with Gasteiger partial charge in [-0.3, -0.25) is 0 Å². The quantitative estimate of drug-likeness (QED) is 0.533. The molecule has 3 heteroatoms. The summed E-state index contributed by atoms with van der Waals surface area (Å²) < 4.78 is 0. The molecule has 0 saturated heterocycles. The molecule has 3 aromatic carbocycles. The van der Waals surface area contributed by atoms with Crippen LogP contribution in [0.4, 0.5) is 0 Å². The van der Waals surface area contributed by atoms with Crippen LogP contribution in [-0.4, -0.2) is 0 Å². The summed E-state index contributed by atoms with van der Waals surface area (Å²) in [7, 11) is -2.46. The Morgan fingerprint density at radius 2 is 0.810 bits per heavy atom. The molecule has 0 aliphatic heterocycles. The Bertz CT molecular complexity index is 617. The third-order valence-electron chi connectivity index (χ3n) is 3.51. The molecule has 102 valence electrons. The number of nitrogens with zero attached hydrogens (tertiary/aromatic N) is 1. The normalized spacial score (nSPS) is 11.0. The van der Waals surface area contributed by atoms with E-state index in [0.717, 1.165) is 15.9 Å². The Morgan fingerprint density at radius 3 is 1.05 bits per heavy atom. The minimum Gasteiger partial charge on any atom is -0.108 e. The first-order valence-corrected chi connectivity index (χ1v) is 8.53. The van der Waals surface area contributed by atoms with E-state index < -0.39 is 7.41 Å². The zero-order valence-electron chi connectivity index (χ0n) is 11.5. The average molecular weight is 292 g/mol. The zero-order valence-corrected chi connectivity index (χ0v) is 12.4. The lowest BCUT2D eigenvalue weighted by Gasteiger charge is -2.17. The van der Waals surface area contributed by atoms with Crippen molar-refractivity contribution in [1.82, 2.24) is 0 Å². The predicted molar refractivity (Wildman–Crippen MR) is 90.9 cm³/mol. The smallest absolute Gasteiger partial charge is 0.108 e. The molecule has 0 bridgehead atoms. The van der Waals surface area contributed by atoms with Crippen molar-refractivity contribution in [2.75, 3.05) is 0 Å². The van der Waals surface area contributed by atoms with Gasteiger partial charge >= 0.3 is 0 Å². The molecular formula is C18H15NOP+. The Labute approximate surface area is 124 Å². The molecule has 0 atom stereocenters. The molecule has 0 N–H and O–H groups in total. The van der Waals surface area contributed by atoms with E-state index in [1.807, 2.05) is 91.0 Å². The monoisotopic (exact) mass is 292 g/mol. The molecule has 0 aliphatic rings. The van der Waals surface area contributed by atoms with Gasteiger partial charge in [0.2, 0.25) is 0 Å². The summed E-state index contributed by atoms with van der Waals surface area (Å²) in [6.45, 7) is 0. The summed E-state index contributed by atoms with van der Waals surface area (Å²) in [5.41, 5.74) is 0. The van der Waals surface area contributed by atoms with Crippen LogP contribution in [0.1, 0.15) is 0 Å². The molecule has 0 unspecified atom stereocenters. The molecule has 3 rings (SSSR count). The Balaban J connectivity index is 2.31. The highest BCUT2D eigenvalue weighted by Crippen LogP contribution is 2.56. The Morgan fingerprint density at radius 1 is 0.524 bits per heavy atom. The highest BCUT2D eigenvalue weighted by atomic mass is 31.2.